The predicted molar refractivity (Wildman–Crippen MR) is 74.3 cm³/mol. The first-order valence-corrected chi connectivity index (χ1v) is 7.21. The van der Waals surface area contributed by atoms with Crippen molar-refractivity contribution in [3.63, 3.8) is 0 Å². The number of alkyl halides is 3. The van der Waals surface area contributed by atoms with Gasteiger partial charge in [-0.3, -0.25) is 0 Å². The maximum absolute atomic E-state index is 13.8. The Kier molecular flexibility index (Phi) is 4.34. The lowest BCUT2D eigenvalue weighted by molar-refractivity contribution is -0.140. The maximum Gasteiger partial charge on any atom is 0.419 e. The SMILES string of the molecule is CNC(c1ccc(C(F)(F)F)c(F)c1)C1CCCC1(C)C. The summed E-state index contributed by atoms with van der Waals surface area (Å²) in [7, 11) is 1.77. The second-order valence-electron chi connectivity index (χ2n) is 6.49. The summed E-state index contributed by atoms with van der Waals surface area (Å²) in [6, 6.07) is 3.14. The Balaban J connectivity index is 2.34. The average Bonchev–Trinajstić information content (AvgIpc) is 2.69. The molecule has 1 aliphatic rings. The lowest BCUT2D eigenvalue weighted by atomic mass is 9.75. The molecule has 1 aromatic carbocycles. The van der Waals surface area contributed by atoms with Gasteiger partial charge < -0.3 is 5.32 Å². The molecular formula is C16H21F4N. The van der Waals surface area contributed by atoms with Crippen LogP contribution in [0.1, 0.15) is 50.3 Å². The third-order valence-electron chi connectivity index (χ3n) is 4.71. The third kappa shape index (κ3) is 3.23. The molecule has 1 aliphatic carbocycles. The van der Waals surface area contributed by atoms with E-state index in [0.29, 0.717) is 11.5 Å². The summed E-state index contributed by atoms with van der Waals surface area (Å²) in [6.45, 7) is 4.32. The van der Waals surface area contributed by atoms with Crippen LogP contribution in [0.15, 0.2) is 18.2 Å². The molecule has 1 N–H and O–H groups in total. The second-order valence-corrected chi connectivity index (χ2v) is 6.49. The molecule has 2 rings (SSSR count). The molecule has 1 fully saturated rings. The third-order valence-corrected chi connectivity index (χ3v) is 4.71. The van der Waals surface area contributed by atoms with Crippen LogP contribution in [0.4, 0.5) is 17.6 Å². The van der Waals surface area contributed by atoms with Gasteiger partial charge in [-0.05, 0) is 48.9 Å². The Morgan fingerprint density at radius 2 is 1.95 bits per heavy atom. The van der Waals surface area contributed by atoms with Gasteiger partial charge in [0.25, 0.3) is 0 Å². The lowest BCUT2D eigenvalue weighted by Gasteiger charge is -2.34. The molecule has 0 saturated heterocycles. The molecular weight excluding hydrogens is 282 g/mol. The summed E-state index contributed by atoms with van der Waals surface area (Å²) in [5, 5.41) is 3.15. The van der Waals surface area contributed by atoms with Gasteiger partial charge in [-0.15, -0.1) is 0 Å². The van der Waals surface area contributed by atoms with Crippen molar-refractivity contribution in [2.45, 2.75) is 45.3 Å². The Bertz CT molecular complexity index is 507. The number of hydrogen-bond donors (Lipinski definition) is 1. The van der Waals surface area contributed by atoms with Crippen molar-refractivity contribution in [1.82, 2.24) is 5.32 Å². The molecule has 0 bridgehead atoms. The van der Waals surface area contributed by atoms with Gasteiger partial charge >= 0.3 is 6.18 Å². The minimum absolute atomic E-state index is 0.104. The molecule has 0 aromatic heterocycles. The van der Waals surface area contributed by atoms with Crippen LogP contribution in [0.5, 0.6) is 0 Å². The van der Waals surface area contributed by atoms with E-state index in [1.807, 2.05) is 0 Å². The lowest BCUT2D eigenvalue weighted by Crippen LogP contribution is -2.32. The van der Waals surface area contributed by atoms with Crippen molar-refractivity contribution in [3.8, 4) is 0 Å². The smallest absolute Gasteiger partial charge is 0.313 e. The first kappa shape index (κ1) is 16.3. The summed E-state index contributed by atoms with van der Waals surface area (Å²) in [5.41, 5.74) is -0.512. The molecule has 0 amide bonds. The monoisotopic (exact) mass is 303 g/mol. The largest absolute Gasteiger partial charge is 0.419 e. The molecule has 21 heavy (non-hydrogen) atoms. The maximum atomic E-state index is 13.8. The van der Waals surface area contributed by atoms with Gasteiger partial charge in [-0.25, -0.2) is 4.39 Å². The number of halogens is 4. The predicted octanol–water partition coefficient (Wildman–Crippen LogP) is 4.93. The Hall–Kier alpha value is -1.10. The van der Waals surface area contributed by atoms with Crippen LogP contribution in [0.3, 0.4) is 0 Å². The molecule has 1 aromatic rings. The van der Waals surface area contributed by atoms with Crippen molar-refractivity contribution in [3.05, 3.63) is 35.1 Å². The van der Waals surface area contributed by atoms with Crippen LogP contribution in [-0.2, 0) is 6.18 Å². The molecule has 0 heterocycles. The van der Waals surface area contributed by atoms with E-state index in [-0.39, 0.29) is 11.5 Å². The van der Waals surface area contributed by atoms with Crippen molar-refractivity contribution in [2.24, 2.45) is 11.3 Å². The zero-order valence-corrected chi connectivity index (χ0v) is 12.5. The summed E-state index contributed by atoms with van der Waals surface area (Å²) >= 11 is 0. The van der Waals surface area contributed by atoms with E-state index in [1.165, 1.54) is 6.07 Å². The van der Waals surface area contributed by atoms with E-state index in [9.17, 15) is 17.6 Å². The van der Waals surface area contributed by atoms with Crippen molar-refractivity contribution < 1.29 is 17.6 Å². The Morgan fingerprint density at radius 3 is 2.38 bits per heavy atom. The highest BCUT2D eigenvalue weighted by molar-refractivity contribution is 5.29. The van der Waals surface area contributed by atoms with Gasteiger partial charge in [0.15, 0.2) is 0 Å². The van der Waals surface area contributed by atoms with E-state index < -0.39 is 17.6 Å². The highest BCUT2D eigenvalue weighted by atomic mass is 19.4. The molecule has 5 heteroatoms. The van der Waals surface area contributed by atoms with Gasteiger partial charge in [0.05, 0.1) is 5.56 Å². The van der Waals surface area contributed by atoms with Crippen LogP contribution in [-0.4, -0.2) is 7.05 Å². The van der Waals surface area contributed by atoms with Crippen LogP contribution in [0, 0.1) is 17.2 Å². The van der Waals surface area contributed by atoms with E-state index in [4.69, 9.17) is 0 Å². The molecule has 2 unspecified atom stereocenters. The minimum Gasteiger partial charge on any atom is -0.313 e. The van der Waals surface area contributed by atoms with Crippen LogP contribution < -0.4 is 5.32 Å². The van der Waals surface area contributed by atoms with E-state index in [2.05, 4.69) is 19.2 Å². The zero-order chi connectivity index (χ0) is 15.8. The van der Waals surface area contributed by atoms with Crippen LogP contribution >= 0.6 is 0 Å². The summed E-state index contributed by atoms with van der Waals surface area (Å²) in [6.07, 6.45) is -1.47. The molecule has 1 nitrogen and oxygen atoms in total. The Morgan fingerprint density at radius 1 is 1.29 bits per heavy atom. The fourth-order valence-corrected chi connectivity index (χ4v) is 3.53. The first-order chi connectivity index (χ1) is 9.66. The zero-order valence-electron chi connectivity index (χ0n) is 12.5. The summed E-state index contributed by atoms with van der Waals surface area (Å²) < 4.78 is 51.7. The molecule has 0 radical (unpaired) electrons. The number of nitrogens with one attached hydrogen (secondary N) is 1. The Labute approximate surface area is 122 Å². The van der Waals surface area contributed by atoms with Crippen molar-refractivity contribution in [2.75, 3.05) is 7.05 Å². The van der Waals surface area contributed by atoms with Gasteiger partial charge in [-0.2, -0.15) is 13.2 Å². The van der Waals surface area contributed by atoms with Gasteiger partial charge in [-0.1, -0.05) is 26.3 Å². The van der Waals surface area contributed by atoms with Crippen molar-refractivity contribution in [1.29, 1.82) is 0 Å². The van der Waals surface area contributed by atoms with Crippen LogP contribution in [0.25, 0.3) is 0 Å². The molecule has 0 aliphatic heterocycles. The van der Waals surface area contributed by atoms with Gasteiger partial charge in [0.2, 0.25) is 0 Å². The van der Waals surface area contributed by atoms with Gasteiger partial charge in [0, 0.05) is 6.04 Å². The number of hydrogen-bond acceptors (Lipinski definition) is 1. The highest BCUT2D eigenvalue weighted by Gasteiger charge is 2.40. The van der Waals surface area contributed by atoms with E-state index in [0.717, 1.165) is 31.4 Å². The fraction of sp³-hybridized carbons (Fsp3) is 0.625. The van der Waals surface area contributed by atoms with E-state index >= 15 is 0 Å². The average molecular weight is 303 g/mol. The van der Waals surface area contributed by atoms with E-state index in [1.54, 1.807) is 7.05 Å². The minimum atomic E-state index is -4.65. The molecule has 2 atom stereocenters. The molecule has 0 spiro atoms. The second kappa shape index (κ2) is 5.59. The topological polar surface area (TPSA) is 12.0 Å². The normalized spacial score (nSPS) is 23.3. The summed E-state index contributed by atoms with van der Waals surface area (Å²) in [5.74, 6) is -0.908. The highest BCUT2D eigenvalue weighted by Crippen LogP contribution is 2.48. The standard InChI is InChI=1S/C16H21F4N/c1-15(2)8-4-5-12(15)14(21-3)10-6-7-11(13(17)9-10)16(18,19)20/h6-7,9,12,14,21H,4-5,8H2,1-3H3. The van der Waals surface area contributed by atoms with Gasteiger partial charge in [0.1, 0.15) is 5.82 Å². The number of rotatable bonds is 3. The quantitative estimate of drug-likeness (QED) is 0.781. The summed E-state index contributed by atoms with van der Waals surface area (Å²) in [4.78, 5) is 0. The molecule has 118 valence electrons. The number of benzene rings is 1. The van der Waals surface area contributed by atoms with Crippen LogP contribution in [0.2, 0.25) is 0 Å². The molecule has 1 saturated carbocycles. The van der Waals surface area contributed by atoms with Crippen molar-refractivity contribution >= 4 is 0 Å². The first-order valence-electron chi connectivity index (χ1n) is 7.21. The fourth-order valence-electron chi connectivity index (χ4n) is 3.53.